The zero-order valence-corrected chi connectivity index (χ0v) is 12.5. The number of rotatable bonds is 3. The maximum Gasteiger partial charge on any atom is 0.296 e. The van der Waals surface area contributed by atoms with Gasteiger partial charge in [-0.05, 0) is 0 Å². The standard InChI is InChI=1S/C12H17N5O2S/c1-12(2,3)8-6-20-11-15-14-7(4-5-9(13)18)10(19)17(11)16-8/h4-6H2,1-3H3,(H2,13,18). The fourth-order valence-corrected chi connectivity index (χ4v) is 2.72. The van der Waals surface area contributed by atoms with Gasteiger partial charge in [0, 0.05) is 24.0 Å². The Balaban J connectivity index is 2.40. The molecule has 1 aromatic heterocycles. The molecule has 8 heteroatoms. The first kappa shape index (κ1) is 14.7. The minimum atomic E-state index is -0.470. The number of hydrogen-bond donors (Lipinski definition) is 1. The first-order valence-electron chi connectivity index (χ1n) is 6.27. The van der Waals surface area contributed by atoms with Crippen molar-refractivity contribution in [2.24, 2.45) is 16.3 Å². The van der Waals surface area contributed by atoms with E-state index in [-0.39, 0.29) is 29.5 Å². The van der Waals surface area contributed by atoms with Crippen LogP contribution < -0.4 is 11.3 Å². The van der Waals surface area contributed by atoms with Crippen LogP contribution >= 0.6 is 11.8 Å². The van der Waals surface area contributed by atoms with Crippen LogP contribution in [0.5, 0.6) is 0 Å². The molecule has 7 nitrogen and oxygen atoms in total. The van der Waals surface area contributed by atoms with Gasteiger partial charge in [-0.1, -0.05) is 32.5 Å². The van der Waals surface area contributed by atoms with Crippen molar-refractivity contribution >= 4 is 23.4 Å². The SMILES string of the molecule is CC(C)(C)C1=Nn2c(nnc(CCC(N)=O)c2=O)SC1. The van der Waals surface area contributed by atoms with Crippen molar-refractivity contribution in [2.75, 3.05) is 5.75 Å². The first-order chi connectivity index (χ1) is 9.29. The van der Waals surface area contributed by atoms with Crippen LogP contribution in [0.2, 0.25) is 0 Å². The molecule has 0 atom stereocenters. The van der Waals surface area contributed by atoms with E-state index in [0.717, 1.165) is 5.71 Å². The van der Waals surface area contributed by atoms with Crippen LogP contribution in [0.1, 0.15) is 32.9 Å². The molecule has 0 saturated carbocycles. The number of carbonyl (C=O) groups excluding carboxylic acids is 1. The van der Waals surface area contributed by atoms with Crippen molar-refractivity contribution < 1.29 is 4.79 Å². The summed E-state index contributed by atoms with van der Waals surface area (Å²) in [6.07, 6.45) is 0.263. The summed E-state index contributed by atoms with van der Waals surface area (Å²) < 4.78 is 1.28. The van der Waals surface area contributed by atoms with Crippen LogP contribution in [0.4, 0.5) is 0 Å². The summed E-state index contributed by atoms with van der Waals surface area (Å²) in [6.45, 7) is 6.14. The van der Waals surface area contributed by atoms with Gasteiger partial charge in [-0.15, -0.1) is 10.2 Å². The van der Waals surface area contributed by atoms with Crippen LogP contribution in [0.25, 0.3) is 0 Å². The van der Waals surface area contributed by atoms with Crippen molar-refractivity contribution in [1.82, 2.24) is 14.9 Å². The maximum absolute atomic E-state index is 12.3. The predicted molar refractivity (Wildman–Crippen MR) is 76.8 cm³/mol. The second-order valence-electron chi connectivity index (χ2n) is 5.60. The molecule has 1 amide bonds. The van der Waals surface area contributed by atoms with Gasteiger partial charge in [0.2, 0.25) is 11.1 Å². The number of primary amides is 1. The van der Waals surface area contributed by atoms with Crippen molar-refractivity contribution in [3.05, 3.63) is 16.0 Å². The molecule has 0 saturated heterocycles. The number of fused-ring (bicyclic) bond motifs is 1. The Kier molecular flexibility index (Phi) is 3.94. The van der Waals surface area contributed by atoms with Crippen LogP contribution in [-0.2, 0) is 11.2 Å². The summed E-state index contributed by atoms with van der Waals surface area (Å²) in [4.78, 5) is 23.1. The molecule has 2 rings (SSSR count). The van der Waals surface area contributed by atoms with E-state index in [2.05, 4.69) is 15.3 Å². The lowest BCUT2D eigenvalue weighted by atomic mass is 9.91. The third kappa shape index (κ3) is 3.06. The highest BCUT2D eigenvalue weighted by molar-refractivity contribution is 7.99. The molecule has 0 aromatic carbocycles. The van der Waals surface area contributed by atoms with E-state index in [1.165, 1.54) is 16.4 Å². The molecule has 1 aromatic rings. The van der Waals surface area contributed by atoms with Crippen LogP contribution in [0.15, 0.2) is 15.1 Å². The molecule has 0 aliphatic carbocycles. The zero-order chi connectivity index (χ0) is 14.9. The van der Waals surface area contributed by atoms with E-state index in [4.69, 9.17) is 5.73 Å². The minimum absolute atomic E-state index is 0.0756. The summed E-state index contributed by atoms with van der Waals surface area (Å²) in [7, 11) is 0. The topological polar surface area (TPSA) is 103 Å². The van der Waals surface area contributed by atoms with Gasteiger partial charge in [-0.25, -0.2) is 0 Å². The molecule has 0 spiro atoms. The van der Waals surface area contributed by atoms with Crippen LogP contribution in [-0.4, -0.2) is 32.2 Å². The Morgan fingerprint density at radius 2 is 2.10 bits per heavy atom. The summed E-state index contributed by atoms with van der Waals surface area (Å²) in [5.74, 6) is 0.223. The molecule has 0 fully saturated rings. The molecule has 0 unspecified atom stereocenters. The first-order valence-corrected chi connectivity index (χ1v) is 7.25. The fraction of sp³-hybridized carbons (Fsp3) is 0.583. The second-order valence-corrected chi connectivity index (χ2v) is 6.54. The van der Waals surface area contributed by atoms with Gasteiger partial charge in [0.15, 0.2) is 0 Å². The number of nitrogens with zero attached hydrogens (tertiary/aromatic N) is 4. The van der Waals surface area contributed by atoms with E-state index in [9.17, 15) is 9.59 Å². The normalized spacial score (nSPS) is 14.7. The van der Waals surface area contributed by atoms with E-state index >= 15 is 0 Å². The molecular formula is C12H17N5O2S. The third-order valence-corrected chi connectivity index (χ3v) is 3.84. The summed E-state index contributed by atoms with van der Waals surface area (Å²) in [6, 6.07) is 0. The average Bonchev–Trinajstić information content (AvgIpc) is 2.36. The molecule has 2 N–H and O–H groups in total. The third-order valence-electron chi connectivity index (χ3n) is 2.91. The van der Waals surface area contributed by atoms with Crippen molar-refractivity contribution in [2.45, 2.75) is 38.8 Å². The maximum atomic E-state index is 12.3. The van der Waals surface area contributed by atoms with Gasteiger partial charge in [0.1, 0.15) is 5.69 Å². The zero-order valence-electron chi connectivity index (χ0n) is 11.7. The van der Waals surface area contributed by atoms with E-state index in [0.29, 0.717) is 10.9 Å². The molecule has 20 heavy (non-hydrogen) atoms. The highest BCUT2D eigenvalue weighted by Crippen LogP contribution is 2.26. The lowest BCUT2D eigenvalue weighted by Gasteiger charge is -2.24. The summed E-state index contributed by atoms with van der Waals surface area (Å²) in [5, 5.41) is 12.7. The number of thioether (sulfide) groups is 1. The quantitative estimate of drug-likeness (QED) is 0.870. The van der Waals surface area contributed by atoms with Crippen molar-refractivity contribution in [3.63, 3.8) is 0 Å². The number of aryl methyl sites for hydroxylation is 1. The van der Waals surface area contributed by atoms with Crippen molar-refractivity contribution in [1.29, 1.82) is 0 Å². The molecule has 0 radical (unpaired) electrons. The van der Waals surface area contributed by atoms with Gasteiger partial charge < -0.3 is 5.73 Å². The summed E-state index contributed by atoms with van der Waals surface area (Å²) in [5.41, 5.74) is 5.78. The lowest BCUT2D eigenvalue weighted by molar-refractivity contribution is -0.118. The fourth-order valence-electron chi connectivity index (χ4n) is 1.62. The summed E-state index contributed by atoms with van der Waals surface area (Å²) >= 11 is 1.44. The molecular weight excluding hydrogens is 278 g/mol. The van der Waals surface area contributed by atoms with E-state index < -0.39 is 5.91 Å². The number of amides is 1. The van der Waals surface area contributed by atoms with Crippen LogP contribution in [0, 0.1) is 5.41 Å². The Morgan fingerprint density at radius 1 is 1.40 bits per heavy atom. The highest BCUT2D eigenvalue weighted by atomic mass is 32.2. The predicted octanol–water partition coefficient (Wildman–Crippen LogP) is 0.412. The van der Waals surface area contributed by atoms with Crippen LogP contribution in [0.3, 0.4) is 0 Å². The second kappa shape index (κ2) is 5.35. The molecule has 1 aliphatic rings. The minimum Gasteiger partial charge on any atom is -0.370 e. The molecule has 108 valence electrons. The largest absolute Gasteiger partial charge is 0.370 e. The lowest BCUT2D eigenvalue weighted by Crippen LogP contribution is -2.33. The Hall–Kier alpha value is -1.70. The average molecular weight is 295 g/mol. The highest BCUT2D eigenvalue weighted by Gasteiger charge is 2.25. The Morgan fingerprint density at radius 3 is 2.70 bits per heavy atom. The van der Waals surface area contributed by atoms with Gasteiger partial charge in [0.25, 0.3) is 5.56 Å². The van der Waals surface area contributed by atoms with Crippen molar-refractivity contribution in [3.8, 4) is 0 Å². The number of aromatic nitrogens is 3. The van der Waals surface area contributed by atoms with Gasteiger partial charge >= 0.3 is 0 Å². The van der Waals surface area contributed by atoms with E-state index in [1.54, 1.807) is 0 Å². The monoisotopic (exact) mass is 295 g/mol. The molecule has 0 bridgehead atoms. The number of hydrogen-bond acceptors (Lipinski definition) is 6. The molecule has 2 heterocycles. The number of carbonyl (C=O) groups is 1. The van der Waals surface area contributed by atoms with Gasteiger partial charge in [-0.2, -0.15) is 9.78 Å². The van der Waals surface area contributed by atoms with Gasteiger partial charge in [-0.3, -0.25) is 9.59 Å². The van der Waals surface area contributed by atoms with Gasteiger partial charge in [0.05, 0.1) is 5.71 Å². The smallest absolute Gasteiger partial charge is 0.296 e. The molecule has 1 aliphatic heterocycles. The Labute approximate surface area is 120 Å². The van der Waals surface area contributed by atoms with E-state index in [1.807, 2.05) is 20.8 Å². The number of nitrogens with two attached hydrogens (primary N) is 1. The Bertz CT molecular complexity index is 630.